The van der Waals surface area contributed by atoms with Gasteiger partial charge in [0.2, 0.25) is 11.1 Å². The number of rotatable bonds is 9. The molecule has 5 rings (SSSR count). The molecule has 2 N–H and O–H groups in total. The average molecular weight is 578 g/mol. The van der Waals surface area contributed by atoms with Gasteiger partial charge in [-0.05, 0) is 54.4 Å². The summed E-state index contributed by atoms with van der Waals surface area (Å²) in [6, 6.07) is 19.9. The van der Waals surface area contributed by atoms with Crippen LogP contribution >= 0.6 is 23.4 Å². The van der Waals surface area contributed by atoms with Gasteiger partial charge in [-0.2, -0.15) is 4.98 Å². The van der Waals surface area contributed by atoms with Crippen LogP contribution < -0.4 is 24.8 Å². The van der Waals surface area contributed by atoms with Gasteiger partial charge in [-0.15, -0.1) is 5.10 Å². The Balaban J connectivity index is 1.53. The van der Waals surface area contributed by atoms with Crippen molar-refractivity contribution in [2.75, 3.05) is 32.0 Å². The third kappa shape index (κ3) is 5.59. The molecule has 9 nitrogen and oxygen atoms in total. The second-order valence-corrected chi connectivity index (χ2v) is 10.3. The molecule has 3 aromatic carbocycles. The zero-order chi connectivity index (χ0) is 28.2. The molecule has 0 fully saturated rings. The molecule has 40 heavy (non-hydrogen) atoms. The molecule has 1 aromatic heterocycles. The molecule has 1 amide bonds. The summed E-state index contributed by atoms with van der Waals surface area (Å²) >= 11 is 7.52. The van der Waals surface area contributed by atoms with E-state index in [0.29, 0.717) is 56.1 Å². The number of thioether (sulfide) groups is 1. The molecule has 2 heterocycles. The highest BCUT2D eigenvalue weighted by atomic mass is 35.5. The molecule has 0 bridgehead atoms. The van der Waals surface area contributed by atoms with Crippen molar-refractivity contribution in [1.82, 2.24) is 14.8 Å². The van der Waals surface area contributed by atoms with E-state index in [9.17, 15) is 4.79 Å². The molecule has 0 unspecified atom stereocenters. The second-order valence-electron chi connectivity index (χ2n) is 8.91. The van der Waals surface area contributed by atoms with Crippen molar-refractivity contribution >= 4 is 40.9 Å². The molecule has 1 atom stereocenters. The van der Waals surface area contributed by atoms with Crippen molar-refractivity contribution in [2.45, 2.75) is 23.9 Å². The van der Waals surface area contributed by atoms with Crippen LogP contribution in [0.5, 0.6) is 17.2 Å². The number of allylic oxidation sites excluding steroid dienone is 1. The minimum atomic E-state index is -0.594. The zero-order valence-corrected chi connectivity index (χ0v) is 24.0. The number of amides is 1. The fourth-order valence-corrected chi connectivity index (χ4v) is 5.39. The molecule has 1 aliphatic heterocycles. The summed E-state index contributed by atoms with van der Waals surface area (Å²) in [6.07, 6.45) is 0. The van der Waals surface area contributed by atoms with Crippen LogP contribution in [0.15, 0.2) is 83.2 Å². The summed E-state index contributed by atoms with van der Waals surface area (Å²) in [5.74, 6) is 2.58. The minimum absolute atomic E-state index is 0.300. The van der Waals surface area contributed by atoms with Crippen molar-refractivity contribution in [2.24, 2.45) is 0 Å². The lowest BCUT2D eigenvalue weighted by atomic mass is 9.94. The number of hydrogen-bond acceptors (Lipinski definition) is 8. The average Bonchev–Trinajstić information content (AvgIpc) is 3.38. The molecular formula is C29H28ClN5O4S. The summed E-state index contributed by atoms with van der Waals surface area (Å²) in [5, 5.41) is 12.4. The van der Waals surface area contributed by atoms with E-state index in [1.54, 1.807) is 38.1 Å². The van der Waals surface area contributed by atoms with E-state index in [1.165, 1.54) is 11.8 Å². The number of benzene rings is 3. The number of anilines is 2. The number of nitrogens with one attached hydrogen (secondary N) is 2. The number of methoxy groups -OCH3 is 3. The van der Waals surface area contributed by atoms with Gasteiger partial charge in [0.05, 0.1) is 32.6 Å². The summed E-state index contributed by atoms with van der Waals surface area (Å²) < 4.78 is 18.2. The quantitative estimate of drug-likeness (QED) is 0.228. The number of para-hydroxylation sites is 2. The summed E-state index contributed by atoms with van der Waals surface area (Å²) in [6.45, 7) is 1.85. The van der Waals surface area contributed by atoms with Gasteiger partial charge in [0.15, 0.2) is 11.5 Å². The van der Waals surface area contributed by atoms with E-state index < -0.39 is 6.04 Å². The Morgan fingerprint density at radius 2 is 1.73 bits per heavy atom. The highest BCUT2D eigenvalue weighted by molar-refractivity contribution is 7.98. The Labute approximate surface area is 241 Å². The van der Waals surface area contributed by atoms with E-state index >= 15 is 0 Å². The molecule has 0 saturated carbocycles. The molecule has 4 aromatic rings. The van der Waals surface area contributed by atoms with Crippen molar-refractivity contribution < 1.29 is 19.0 Å². The highest BCUT2D eigenvalue weighted by Gasteiger charge is 2.35. The van der Waals surface area contributed by atoms with Gasteiger partial charge in [0.1, 0.15) is 11.8 Å². The molecule has 0 spiro atoms. The molecule has 0 aliphatic carbocycles. The van der Waals surface area contributed by atoms with Crippen molar-refractivity contribution in [3.05, 3.63) is 94.1 Å². The van der Waals surface area contributed by atoms with Crippen LogP contribution in [0.1, 0.15) is 24.1 Å². The number of hydrogen-bond donors (Lipinski definition) is 2. The van der Waals surface area contributed by atoms with Crippen molar-refractivity contribution in [3.8, 4) is 17.2 Å². The number of carbonyl (C=O) groups excluding carboxylic acids is 1. The van der Waals surface area contributed by atoms with E-state index in [2.05, 4.69) is 10.6 Å². The monoisotopic (exact) mass is 577 g/mol. The predicted octanol–water partition coefficient (Wildman–Crippen LogP) is 6.18. The number of fused-ring (bicyclic) bond motifs is 1. The topological polar surface area (TPSA) is 99.5 Å². The first-order valence-electron chi connectivity index (χ1n) is 12.4. The molecule has 206 valence electrons. The van der Waals surface area contributed by atoms with E-state index in [-0.39, 0.29) is 5.91 Å². The number of nitrogens with zero attached hydrogens (tertiary/aromatic N) is 3. The summed E-state index contributed by atoms with van der Waals surface area (Å²) in [5.41, 5.74) is 3.57. The molecule has 1 aliphatic rings. The predicted molar refractivity (Wildman–Crippen MR) is 157 cm³/mol. The Hall–Kier alpha value is -4.15. The maximum Gasteiger partial charge on any atom is 0.255 e. The Morgan fingerprint density at radius 1 is 1.00 bits per heavy atom. The third-order valence-corrected chi connectivity index (χ3v) is 7.60. The lowest BCUT2D eigenvalue weighted by Gasteiger charge is -2.29. The van der Waals surface area contributed by atoms with Gasteiger partial charge in [0.25, 0.3) is 5.91 Å². The Morgan fingerprint density at radius 3 is 2.45 bits per heavy atom. The van der Waals surface area contributed by atoms with E-state index in [0.717, 1.165) is 11.1 Å². The van der Waals surface area contributed by atoms with Crippen LogP contribution in [0.2, 0.25) is 5.02 Å². The van der Waals surface area contributed by atoms with Gasteiger partial charge >= 0.3 is 0 Å². The maximum absolute atomic E-state index is 13.9. The standard InChI is InChI=1S/C29H28ClN5O4S/c1-17-25(27(36)32-21-7-5-6-8-22(21)37-2)26(19-11-14-23(38-3)24(15-19)39-4)35-28(31-17)33-29(34-35)40-16-18-9-12-20(30)13-10-18/h5-15,26H,16H2,1-4H3,(H,32,36)(H,31,33,34)/t26-/m1/s1. The number of aromatic nitrogens is 3. The number of carbonyl (C=O) groups is 1. The summed E-state index contributed by atoms with van der Waals surface area (Å²) in [4.78, 5) is 18.6. The van der Waals surface area contributed by atoms with Crippen LogP contribution in [0.25, 0.3) is 0 Å². The Bertz CT molecular complexity index is 1570. The Kier molecular flexibility index (Phi) is 8.18. The fourth-order valence-electron chi connectivity index (χ4n) is 4.48. The van der Waals surface area contributed by atoms with Crippen LogP contribution in [0.4, 0.5) is 11.6 Å². The first kappa shape index (κ1) is 27.4. The van der Waals surface area contributed by atoms with Gasteiger partial charge in [-0.3, -0.25) is 4.79 Å². The normalized spacial score (nSPS) is 14.3. The van der Waals surface area contributed by atoms with Crippen molar-refractivity contribution in [1.29, 1.82) is 0 Å². The van der Waals surface area contributed by atoms with Crippen molar-refractivity contribution in [3.63, 3.8) is 0 Å². The fraction of sp³-hybridized carbons (Fsp3) is 0.207. The van der Waals surface area contributed by atoms with Crippen LogP contribution in [-0.2, 0) is 10.5 Å². The van der Waals surface area contributed by atoms with Crippen LogP contribution in [-0.4, -0.2) is 42.0 Å². The first-order chi connectivity index (χ1) is 19.4. The van der Waals surface area contributed by atoms with Crippen LogP contribution in [0.3, 0.4) is 0 Å². The first-order valence-corrected chi connectivity index (χ1v) is 13.8. The summed E-state index contributed by atoms with van der Waals surface area (Å²) in [7, 11) is 4.72. The molecule has 11 heteroatoms. The SMILES string of the molecule is COc1ccccc1NC(=O)C1=C(C)Nc2nc(SCc3ccc(Cl)cc3)nn2[C@@H]1c1ccc(OC)c(OC)c1. The lowest BCUT2D eigenvalue weighted by Crippen LogP contribution is -2.31. The van der Waals surface area contributed by atoms with Gasteiger partial charge in [-0.1, -0.05) is 53.7 Å². The van der Waals surface area contributed by atoms with Gasteiger partial charge < -0.3 is 24.8 Å². The third-order valence-electron chi connectivity index (χ3n) is 6.44. The van der Waals surface area contributed by atoms with E-state index in [1.807, 2.05) is 61.5 Å². The molecule has 0 saturated heterocycles. The highest BCUT2D eigenvalue weighted by Crippen LogP contribution is 2.40. The number of ether oxygens (including phenoxy) is 3. The second kappa shape index (κ2) is 11.9. The molecule has 0 radical (unpaired) electrons. The smallest absolute Gasteiger partial charge is 0.255 e. The lowest BCUT2D eigenvalue weighted by molar-refractivity contribution is -0.113. The van der Waals surface area contributed by atoms with Gasteiger partial charge in [-0.25, -0.2) is 4.68 Å². The largest absolute Gasteiger partial charge is 0.495 e. The van der Waals surface area contributed by atoms with Crippen LogP contribution in [0, 0.1) is 0 Å². The molecular weight excluding hydrogens is 550 g/mol. The zero-order valence-electron chi connectivity index (χ0n) is 22.4. The minimum Gasteiger partial charge on any atom is -0.495 e. The van der Waals surface area contributed by atoms with Gasteiger partial charge in [0, 0.05) is 16.5 Å². The van der Waals surface area contributed by atoms with E-state index in [4.69, 9.17) is 35.9 Å². The maximum atomic E-state index is 13.9. The number of halogens is 1.